The number of nitrogens with zero attached hydrogens (tertiary/aromatic N) is 3. The molecule has 0 fully saturated rings. The van der Waals surface area contributed by atoms with Gasteiger partial charge in [-0.1, -0.05) is 41.1 Å². The molecule has 4 aromatic rings. The number of hydrogen-bond acceptors (Lipinski definition) is 7. The lowest BCUT2D eigenvalue weighted by Crippen LogP contribution is -2.33. The third-order valence-electron chi connectivity index (χ3n) is 4.49. The van der Waals surface area contributed by atoms with E-state index in [1.54, 1.807) is 30.3 Å². The zero-order valence-corrected chi connectivity index (χ0v) is 16.4. The van der Waals surface area contributed by atoms with E-state index in [0.717, 1.165) is 26.9 Å². The lowest BCUT2D eigenvalue weighted by molar-refractivity contribution is 0.174. The Morgan fingerprint density at radius 3 is 2.66 bits per heavy atom. The average molecular weight is 426 g/mol. The molecular weight excluding hydrogens is 414 g/mol. The lowest BCUT2D eigenvalue weighted by atomic mass is 10.1. The summed E-state index contributed by atoms with van der Waals surface area (Å²) in [5.41, 5.74) is 0.946. The number of benzene rings is 2. The largest absolute Gasteiger partial charge is 0.454 e. The fourth-order valence-electron chi connectivity index (χ4n) is 3.06. The third-order valence-corrected chi connectivity index (χ3v) is 5.70. The van der Waals surface area contributed by atoms with E-state index in [1.165, 1.54) is 0 Å². The van der Waals surface area contributed by atoms with E-state index < -0.39 is 11.1 Å². The van der Waals surface area contributed by atoms with Gasteiger partial charge in [0, 0.05) is 11.4 Å². The molecule has 0 N–H and O–H groups in total. The maximum Gasteiger partial charge on any atom is 0.283 e. The quantitative estimate of drug-likeness (QED) is 0.499. The van der Waals surface area contributed by atoms with Gasteiger partial charge in [0.2, 0.25) is 11.8 Å². The summed E-state index contributed by atoms with van der Waals surface area (Å²) in [6.45, 7) is 0.176. The van der Waals surface area contributed by atoms with Gasteiger partial charge in [0.15, 0.2) is 11.5 Å². The van der Waals surface area contributed by atoms with Crippen molar-refractivity contribution in [3.05, 3.63) is 89.5 Å². The van der Waals surface area contributed by atoms with Crippen LogP contribution in [0.15, 0.2) is 52.1 Å². The highest BCUT2D eigenvalue weighted by Crippen LogP contribution is 2.32. The number of ether oxygens (including phenoxy) is 2. The molecule has 144 valence electrons. The monoisotopic (exact) mass is 425 g/mol. The van der Waals surface area contributed by atoms with Crippen LogP contribution < -0.4 is 25.1 Å². The molecule has 0 saturated heterocycles. The lowest BCUT2D eigenvalue weighted by Gasteiger charge is -2.00. The minimum absolute atomic E-state index is 0.176. The third kappa shape index (κ3) is 3.26. The molecular formula is C20H12ClN3O4S. The fraction of sp³-hybridized carbons (Fsp3) is 0.100. The number of thiazole rings is 1. The van der Waals surface area contributed by atoms with E-state index in [1.807, 2.05) is 18.2 Å². The highest BCUT2D eigenvalue weighted by molar-refractivity contribution is 7.15. The Balaban J connectivity index is 1.58. The Morgan fingerprint density at radius 1 is 1.03 bits per heavy atom. The van der Waals surface area contributed by atoms with Gasteiger partial charge in [-0.05, 0) is 41.5 Å². The maximum absolute atomic E-state index is 12.8. The predicted octanol–water partition coefficient (Wildman–Crippen LogP) is 2.03. The van der Waals surface area contributed by atoms with E-state index in [0.29, 0.717) is 21.1 Å². The molecule has 5 rings (SSSR count). The van der Waals surface area contributed by atoms with E-state index in [4.69, 9.17) is 21.1 Å². The molecule has 1 aliphatic heterocycles. The molecule has 29 heavy (non-hydrogen) atoms. The van der Waals surface area contributed by atoms with Crippen molar-refractivity contribution in [1.29, 1.82) is 0 Å². The molecule has 0 saturated carbocycles. The molecule has 0 amide bonds. The van der Waals surface area contributed by atoms with E-state index in [-0.39, 0.29) is 23.9 Å². The van der Waals surface area contributed by atoms with Crippen molar-refractivity contribution in [1.82, 2.24) is 14.6 Å². The van der Waals surface area contributed by atoms with Crippen LogP contribution in [0.3, 0.4) is 0 Å². The van der Waals surface area contributed by atoms with Crippen molar-refractivity contribution in [2.45, 2.75) is 6.42 Å². The number of aromatic nitrogens is 3. The van der Waals surface area contributed by atoms with Crippen molar-refractivity contribution in [3.63, 3.8) is 0 Å². The standard InChI is InChI=1S/C20H12ClN3O4S/c21-13-4-1-11(2-5-13)7-14-18(25)24-19(26)17(29-20(24)23-22-14)9-12-3-6-15-16(8-12)28-10-27-15/h1-6,8-9H,7,10H2/b17-9-. The minimum atomic E-state index is -0.462. The molecule has 2 aromatic carbocycles. The van der Waals surface area contributed by atoms with Gasteiger partial charge in [0.1, 0.15) is 5.69 Å². The number of fused-ring (bicyclic) bond motifs is 2. The molecule has 0 atom stereocenters. The molecule has 3 heterocycles. The first-order valence-electron chi connectivity index (χ1n) is 8.65. The summed E-state index contributed by atoms with van der Waals surface area (Å²) >= 11 is 7.01. The SMILES string of the molecule is O=c1c(Cc2ccc(Cl)cc2)nnc2s/c(=C\c3ccc4c(c3)OCO4)c(=O)n12. The van der Waals surface area contributed by atoms with Gasteiger partial charge in [0.05, 0.1) is 4.53 Å². The molecule has 0 spiro atoms. The molecule has 0 aliphatic carbocycles. The maximum atomic E-state index is 12.8. The minimum Gasteiger partial charge on any atom is -0.454 e. The van der Waals surface area contributed by atoms with Gasteiger partial charge in [-0.3, -0.25) is 9.59 Å². The second kappa shape index (κ2) is 6.98. The van der Waals surface area contributed by atoms with Crippen LogP contribution in [0.4, 0.5) is 0 Å². The fourth-order valence-corrected chi connectivity index (χ4v) is 4.09. The second-order valence-corrected chi connectivity index (χ2v) is 7.85. The van der Waals surface area contributed by atoms with Gasteiger partial charge >= 0.3 is 0 Å². The summed E-state index contributed by atoms with van der Waals surface area (Å²) in [5, 5.41) is 8.72. The normalized spacial score (nSPS) is 13.3. The highest BCUT2D eigenvalue weighted by Gasteiger charge is 2.15. The van der Waals surface area contributed by atoms with Crippen molar-refractivity contribution < 1.29 is 9.47 Å². The summed E-state index contributed by atoms with van der Waals surface area (Å²) in [6, 6.07) is 12.5. The van der Waals surface area contributed by atoms with E-state index >= 15 is 0 Å². The summed E-state index contributed by atoms with van der Waals surface area (Å²) in [4.78, 5) is 25.9. The van der Waals surface area contributed by atoms with Crippen LogP contribution in [0, 0.1) is 0 Å². The number of hydrogen-bond donors (Lipinski definition) is 0. The van der Waals surface area contributed by atoms with Crippen LogP contribution in [-0.4, -0.2) is 21.4 Å². The summed E-state index contributed by atoms with van der Waals surface area (Å²) < 4.78 is 12.1. The average Bonchev–Trinajstić information content (AvgIpc) is 3.30. The molecule has 0 unspecified atom stereocenters. The van der Waals surface area contributed by atoms with Crippen molar-refractivity contribution in [2.24, 2.45) is 0 Å². The van der Waals surface area contributed by atoms with E-state index in [2.05, 4.69) is 10.2 Å². The zero-order chi connectivity index (χ0) is 20.0. The number of rotatable bonds is 3. The van der Waals surface area contributed by atoms with Crippen LogP contribution in [0.25, 0.3) is 11.0 Å². The van der Waals surface area contributed by atoms with Gasteiger partial charge < -0.3 is 9.47 Å². The molecule has 7 nitrogen and oxygen atoms in total. The van der Waals surface area contributed by atoms with Crippen LogP contribution in [-0.2, 0) is 6.42 Å². The Hall–Kier alpha value is -3.23. The topological polar surface area (TPSA) is 82.8 Å². The summed E-state index contributed by atoms with van der Waals surface area (Å²) in [7, 11) is 0. The first-order valence-corrected chi connectivity index (χ1v) is 9.85. The highest BCUT2D eigenvalue weighted by atomic mass is 35.5. The van der Waals surface area contributed by atoms with Gasteiger partial charge in [-0.25, -0.2) is 4.40 Å². The molecule has 0 bridgehead atoms. The summed E-state index contributed by atoms with van der Waals surface area (Å²) in [6.07, 6.45) is 1.96. The Bertz CT molecular complexity index is 1410. The van der Waals surface area contributed by atoms with Gasteiger partial charge in [0.25, 0.3) is 11.1 Å². The summed E-state index contributed by atoms with van der Waals surface area (Å²) in [5.74, 6) is 1.28. The first kappa shape index (κ1) is 17.8. The van der Waals surface area contributed by atoms with Crippen molar-refractivity contribution in [3.8, 4) is 11.5 Å². The van der Waals surface area contributed by atoms with Crippen LogP contribution in [0.1, 0.15) is 16.8 Å². The smallest absolute Gasteiger partial charge is 0.283 e. The molecule has 1 aliphatic rings. The van der Waals surface area contributed by atoms with Gasteiger partial charge in [-0.15, -0.1) is 10.2 Å². The van der Waals surface area contributed by atoms with Crippen molar-refractivity contribution in [2.75, 3.05) is 6.79 Å². The van der Waals surface area contributed by atoms with Gasteiger partial charge in [-0.2, -0.15) is 0 Å². The second-order valence-electron chi connectivity index (χ2n) is 6.40. The zero-order valence-electron chi connectivity index (χ0n) is 14.8. The Kier molecular flexibility index (Phi) is 4.30. The number of halogens is 1. The Morgan fingerprint density at radius 2 is 1.83 bits per heavy atom. The van der Waals surface area contributed by atoms with E-state index in [9.17, 15) is 9.59 Å². The van der Waals surface area contributed by atoms with Crippen LogP contribution in [0.2, 0.25) is 5.02 Å². The predicted molar refractivity (Wildman–Crippen MR) is 109 cm³/mol. The van der Waals surface area contributed by atoms with Crippen LogP contribution in [0.5, 0.6) is 11.5 Å². The molecule has 9 heteroatoms. The van der Waals surface area contributed by atoms with Crippen LogP contribution >= 0.6 is 22.9 Å². The Labute approximate surface area is 172 Å². The molecule has 2 aromatic heterocycles. The first-order chi connectivity index (χ1) is 14.1. The molecule has 0 radical (unpaired) electrons. The van der Waals surface area contributed by atoms with Crippen molar-refractivity contribution >= 4 is 34.0 Å².